The average molecular weight is 204 g/mol. The van der Waals surface area contributed by atoms with Crippen molar-refractivity contribution in [3.63, 3.8) is 0 Å². The van der Waals surface area contributed by atoms with Gasteiger partial charge in [-0.05, 0) is 32.9 Å². The summed E-state index contributed by atoms with van der Waals surface area (Å²) >= 11 is 0. The largest absolute Gasteiger partial charge is 0.330 e. The number of rotatable bonds is 8. The second kappa shape index (κ2) is 15.4. The van der Waals surface area contributed by atoms with Crippen LogP contribution in [-0.2, 0) is 0 Å². The van der Waals surface area contributed by atoms with Crippen LogP contribution in [0.2, 0.25) is 0 Å². The highest BCUT2D eigenvalue weighted by molar-refractivity contribution is 4.60. The molecule has 0 heterocycles. The highest BCUT2D eigenvalue weighted by Gasteiger charge is 1.98. The lowest BCUT2D eigenvalue weighted by Crippen LogP contribution is -2.28. The Morgan fingerprint density at radius 2 is 1.86 bits per heavy atom. The van der Waals surface area contributed by atoms with Gasteiger partial charge in [0.15, 0.2) is 0 Å². The Morgan fingerprint density at radius 1 is 1.21 bits per heavy atom. The van der Waals surface area contributed by atoms with Crippen molar-refractivity contribution in [2.75, 3.05) is 13.1 Å². The summed E-state index contributed by atoms with van der Waals surface area (Å²) in [6.07, 6.45) is 6.43. The molecule has 0 aromatic heterocycles. The number of hydrogen-bond donors (Lipinski definition) is 2. The van der Waals surface area contributed by atoms with Crippen molar-refractivity contribution in [1.82, 2.24) is 5.32 Å². The van der Waals surface area contributed by atoms with Crippen molar-refractivity contribution in [3.8, 4) is 0 Å². The van der Waals surface area contributed by atoms with E-state index in [9.17, 15) is 0 Å². The third-order valence-corrected chi connectivity index (χ3v) is 2.11. The molecule has 2 heteroatoms. The molecule has 1 unspecified atom stereocenters. The molecule has 90 valence electrons. The third kappa shape index (κ3) is 14.4. The SMILES string of the molecule is CC.CCCCCC(C)NCCCN.[HH]. The van der Waals surface area contributed by atoms with E-state index in [1.165, 1.54) is 25.7 Å². The van der Waals surface area contributed by atoms with E-state index in [1.54, 1.807) is 0 Å². The summed E-state index contributed by atoms with van der Waals surface area (Å²) in [5.41, 5.74) is 5.40. The predicted octanol–water partition coefficient (Wildman–Crippen LogP) is 3.17. The second-order valence-corrected chi connectivity index (χ2v) is 3.49. The Kier molecular flexibility index (Phi) is 18.0. The lowest BCUT2D eigenvalue weighted by Gasteiger charge is -2.12. The normalized spacial score (nSPS) is 11.8. The Labute approximate surface area is 92.1 Å². The van der Waals surface area contributed by atoms with Gasteiger partial charge in [0.2, 0.25) is 0 Å². The minimum Gasteiger partial charge on any atom is -0.330 e. The zero-order valence-electron chi connectivity index (χ0n) is 10.6. The van der Waals surface area contributed by atoms with Gasteiger partial charge in [-0.2, -0.15) is 0 Å². The van der Waals surface area contributed by atoms with Gasteiger partial charge < -0.3 is 11.1 Å². The highest BCUT2D eigenvalue weighted by Crippen LogP contribution is 2.02. The molecule has 0 saturated carbocycles. The minimum absolute atomic E-state index is 0. The maximum atomic E-state index is 5.40. The molecule has 0 rings (SSSR count). The first-order chi connectivity index (χ1) is 6.81. The van der Waals surface area contributed by atoms with Crippen molar-refractivity contribution in [3.05, 3.63) is 0 Å². The van der Waals surface area contributed by atoms with Gasteiger partial charge in [-0.25, -0.2) is 0 Å². The highest BCUT2D eigenvalue weighted by atomic mass is 14.9. The molecule has 0 aromatic rings. The van der Waals surface area contributed by atoms with Crippen LogP contribution < -0.4 is 11.1 Å². The predicted molar refractivity (Wildman–Crippen MR) is 68.7 cm³/mol. The van der Waals surface area contributed by atoms with Crippen molar-refractivity contribution < 1.29 is 1.43 Å². The summed E-state index contributed by atoms with van der Waals surface area (Å²) < 4.78 is 0. The zero-order valence-corrected chi connectivity index (χ0v) is 10.6. The minimum atomic E-state index is 0. The van der Waals surface area contributed by atoms with Gasteiger partial charge in [-0.1, -0.05) is 40.0 Å². The summed E-state index contributed by atoms with van der Waals surface area (Å²) in [4.78, 5) is 0. The van der Waals surface area contributed by atoms with Crippen LogP contribution in [-0.4, -0.2) is 19.1 Å². The van der Waals surface area contributed by atoms with Gasteiger partial charge in [-0.15, -0.1) is 0 Å². The smallest absolute Gasteiger partial charge is 0.00387 e. The van der Waals surface area contributed by atoms with Crippen LogP contribution in [0.1, 0.15) is 61.2 Å². The van der Waals surface area contributed by atoms with Gasteiger partial charge in [0, 0.05) is 7.47 Å². The standard InChI is InChI=1S/C10H24N2.C2H6.H2/c1-3-4-5-7-10(2)12-9-6-8-11;1-2;/h10,12H,3-9,11H2,1-2H3;1-2H3;1H. The number of hydrogen-bond acceptors (Lipinski definition) is 2. The molecular formula is C12H32N2. The van der Waals surface area contributed by atoms with E-state index in [1.807, 2.05) is 13.8 Å². The molecule has 0 aliphatic heterocycles. The van der Waals surface area contributed by atoms with E-state index in [2.05, 4.69) is 19.2 Å². The Hall–Kier alpha value is -0.0800. The molecule has 0 fully saturated rings. The second-order valence-electron chi connectivity index (χ2n) is 3.49. The molecule has 0 aliphatic carbocycles. The Balaban J connectivity index is -0.000000449. The zero-order chi connectivity index (χ0) is 11.2. The quantitative estimate of drug-likeness (QED) is 0.596. The molecule has 0 aliphatic rings. The van der Waals surface area contributed by atoms with Crippen LogP contribution in [0, 0.1) is 0 Å². The fourth-order valence-corrected chi connectivity index (χ4v) is 1.25. The van der Waals surface area contributed by atoms with E-state index in [0.717, 1.165) is 19.5 Å². The molecule has 2 nitrogen and oxygen atoms in total. The molecule has 0 radical (unpaired) electrons. The average Bonchev–Trinajstić information content (AvgIpc) is 2.22. The Morgan fingerprint density at radius 3 is 2.36 bits per heavy atom. The maximum Gasteiger partial charge on any atom is 0.00387 e. The topological polar surface area (TPSA) is 38.0 Å². The molecule has 14 heavy (non-hydrogen) atoms. The van der Waals surface area contributed by atoms with E-state index in [-0.39, 0.29) is 1.43 Å². The molecule has 3 N–H and O–H groups in total. The first kappa shape index (κ1) is 16.4. The van der Waals surface area contributed by atoms with Crippen molar-refractivity contribution >= 4 is 0 Å². The molecule has 0 saturated heterocycles. The summed E-state index contributed by atoms with van der Waals surface area (Å²) in [6, 6.07) is 0.670. The number of unbranched alkanes of at least 4 members (excludes halogenated alkanes) is 2. The molecule has 1 atom stereocenters. The van der Waals surface area contributed by atoms with Gasteiger partial charge in [-0.3, -0.25) is 0 Å². The van der Waals surface area contributed by atoms with Crippen molar-refractivity contribution in [1.29, 1.82) is 0 Å². The molecular weight excluding hydrogens is 172 g/mol. The van der Waals surface area contributed by atoms with Crippen LogP contribution in [0.25, 0.3) is 0 Å². The van der Waals surface area contributed by atoms with Gasteiger partial charge in [0.1, 0.15) is 0 Å². The molecule has 0 bridgehead atoms. The lowest BCUT2D eigenvalue weighted by molar-refractivity contribution is 0.484. The number of nitrogens with one attached hydrogen (secondary N) is 1. The molecule has 0 amide bonds. The summed E-state index contributed by atoms with van der Waals surface area (Å²) in [5.74, 6) is 0. The van der Waals surface area contributed by atoms with Gasteiger partial charge >= 0.3 is 0 Å². The fraction of sp³-hybridized carbons (Fsp3) is 1.00. The summed E-state index contributed by atoms with van der Waals surface area (Å²) in [7, 11) is 0. The van der Waals surface area contributed by atoms with E-state index < -0.39 is 0 Å². The van der Waals surface area contributed by atoms with Crippen molar-refractivity contribution in [2.24, 2.45) is 5.73 Å². The summed E-state index contributed by atoms with van der Waals surface area (Å²) in [5, 5.41) is 3.46. The molecule has 0 spiro atoms. The van der Waals surface area contributed by atoms with Crippen LogP contribution in [0.5, 0.6) is 0 Å². The number of nitrogens with two attached hydrogens (primary N) is 1. The van der Waals surface area contributed by atoms with Crippen LogP contribution in [0.3, 0.4) is 0 Å². The first-order valence-corrected chi connectivity index (χ1v) is 6.24. The van der Waals surface area contributed by atoms with E-state index in [0.29, 0.717) is 6.04 Å². The molecule has 0 aromatic carbocycles. The Bertz CT molecular complexity index is 79.7. The van der Waals surface area contributed by atoms with Gasteiger partial charge in [0.05, 0.1) is 0 Å². The van der Waals surface area contributed by atoms with Gasteiger partial charge in [0.25, 0.3) is 0 Å². The first-order valence-electron chi connectivity index (χ1n) is 6.24. The third-order valence-electron chi connectivity index (χ3n) is 2.11. The van der Waals surface area contributed by atoms with E-state index in [4.69, 9.17) is 5.73 Å². The van der Waals surface area contributed by atoms with Crippen LogP contribution >= 0.6 is 0 Å². The van der Waals surface area contributed by atoms with E-state index >= 15 is 0 Å². The monoisotopic (exact) mass is 204 g/mol. The lowest BCUT2D eigenvalue weighted by atomic mass is 10.1. The summed E-state index contributed by atoms with van der Waals surface area (Å²) in [6.45, 7) is 10.4. The maximum absolute atomic E-state index is 5.40. The fourth-order valence-electron chi connectivity index (χ4n) is 1.25. The van der Waals surface area contributed by atoms with Crippen LogP contribution in [0.4, 0.5) is 0 Å². The van der Waals surface area contributed by atoms with Crippen molar-refractivity contribution in [2.45, 2.75) is 65.8 Å². The van der Waals surface area contributed by atoms with Crippen LogP contribution in [0.15, 0.2) is 0 Å².